The van der Waals surface area contributed by atoms with Gasteiger partial charge in [-0.05, 0) is 48.0 Å². The fourth-order valence-corrected chi connectivity index (χ4v) is 4.38. The summed E-state index contributed by atoms with van der Waals surface area (Å²) in [7, 11) is 0. The Kier molecular flexibility index (Phi) is 7.16. The van der Waals surface area contributed by atoms with Crippen LogP contribution in [0.15, 0.2) is 107 Å². The van der Waals surface area contributed by atoms with E-state index in [-0.39, 0.29) is 0 Å². The summed E-state index contributed by atoms with van der Waals surface area (Å²) >= 11 is 9.74. The number of ether oxygens (including phenoxy) is 1. The molecule has 0 bridgehead atoms. The Morgan fingerprint density at radius 1 is 0.892 bits per heavy atom. The van der Waals surface area contributed by atoms with E-state index >= 15 is 0 Å². The van der Waals surface area contributed by atoms with Gasteiger partial charge in [0.2, 0.25) is 0 Å². The first-order chi connectivity index (χ1) is 18.0. The van der Waals surface area contributed by atoms with Crippen LogP contribution < -0.4 is 10.2 Å². The van der Waals surface area contributed by atoms with Crippen molar-refractivity contribution in [2.45, 2.75) is 0 Å². The molecule has 5 rings (SSSR count). The van der Waals surface area contributed by atoms with Gasteiger partial charge in [0.1, 0.15) is 11.4 Å². The van der Waals surface area contributed by atoms with Gasteiger partial charge in [0.05, 0.1) is 22.3 Å². The summed E-state index contributed by atoms with van der Waals surface area (Å²) in [6, 6.07) is 28.9. The number of fused-ring (bicyclic) bond motifs is 1. The van der Waals surface area contributed by atoms with Crippen LogP contribution >= 0.6 is 27.5 Å². The van der Waals surface area contributed by atoms with Crippen molar-refractivity contribution in [3.8, 4) is 16.9 Å². The topological polar surface area (TPSA) is 83.5 Å². The Morgan fingerprint density at radius 3 is 2.41 bits per heavy atom. The standard InChI is InChI=1S/C29H19BrClN3O3/c30-21-15-13-19(14-16-21)29(36)37-24-12-5-4-9-20(24)17-32-34-28(35)27-25(18-7-2-1-3-8-18)22-10-6-11-23(31)26(22)33-27/h1-17,33H,(H,34,35). The van der Waals surface area contributed by atoms with Gasteiger partial charge in [-0.15, -0.1) is 0 Å². The van der Waals surface area contributed by atoms with Crippen molar-refractivity contribution < 1.29 is 14.3 Å². The zero-order valence-corrected chi connectivity index (χ0v) is 21.6. The quantitative estimate of drug-likeness (QED) is 0.0974. The van der Waals surface area contributed by atoms with E-state index in [1.165, 1.54) is 6.21 Å². The second-order valence-corrected chi connectivity index (χ2v) is 9.36. The monoisotopic (exact) mass is 571 g/mol. The largest absolute Gasteiger partial charge is 0.422 e. The maximum absolute atomic E-state index is 13.2. The third-order valence-corrected chi connectivity index (χ3v) is 6.49. The van der Waals surface area contributed by atoms with Gasteiger partial charge in [-0.2, -0.15) is 5.10 Å². The molecule has 0 spiro atoms. The zero-order valence-electron chi connectivity index (χ0n) is 19.2. The van der Waals surface area contributed by atoms with Crippen LogP contribution in [0.3, 0.4) is 0 Å². The first kappa shape index (κ1) is 24.5. The molecule has 1 aromatic heterocycles. The van der Waals surface area contributed by atoms with Crippen LogP contribution in [0.5, 0.6) is 5.75 Å². The maximum Gasteiger partial charge on any atom is 0.343 e. The zero-order chi connectivity index (χ0) is 25.8. The van der Waals surface area contributed by atoms with Crippen molar-refractivity contribution in [3.05, 3.63) is 123 Å². The molecule has 182 valence electrons. The molecule has 1 heterocycles. The number of benzene rings is 4. The Morgan fingerprint density at radius 2 is 1.62 bits per heavy atom. The van der Waals surface area contributed by atoms with E-state index in [1.54, 1.807) is 54.6 Å². The molecule has 0 unspecified atom stereocenters. The van der Waals surface area contributed by atoms with Crippen LogP contribution in [-0.4, -0.2) is 23.1 Å². The maximum atomic E-state index is 13.2. The normalized spacial score (nSPS) is 11.1. The number of hydrogen-bond acceptors (Lipinski definition) is 4. The molecule has 4 aromatic carbocycles. The van der Waals surface area contributed by atoms with Gasteiger partial charge >= 0.3 is 5.97 Å². The summed E-state index contributed by atoms with van der Waals surface area (Å²) < 4.78 is 6.43. The van der Waals surface area contributed by atoms with Crippen LogP contribution in [0, 0.1) is 0 Å². The molecule has 0 fully saturated rings. The lowest BCUT2D eigenvalue weighted by molar-refractivity contribution is 0.0734. The highest BCUT2D eigenvalue weighted by molar-refractivity contribution is 9.10. The summed E-state index contributed by atoms with van der Waals surface area (Å²) in [5, 5.41) is 5.47. The first-order valence-corrected chi connectivity index (χ1v) is 12.4. The number of esters is 1. The number of carbonyl (C=O) groups is 2. The number of hydrazone groups is 1. The number of nitrogens with zero attached hydrogens (tertiary/aromatic N) is 1. The van der Waals surface area contributed by atoms with Crippen LogP contribution in [0.25, 0.3) is 22.0 Å². The van der Waals surface area contributed by atoms with Gasteiger partial charge in [0, 0.05) is 21.0 Å². The van der Waals surface area contributed by atoms with Crippen molar-refractivity contribution in [1.29, 1.82) is 0 Å². The number of hydrogen-bond donors (Lipinski definition) is 2. The molecule has 0 radical (unpaired) electrons. The van der Waals surface area contributed by atoms with Gasteiger partial charge in [0.15, 0.2) is 0 Å². The summed E-state index contributed by atoms with van der Waals surface area (Å²) in [6.45, 7) is 0. The molecule has 0 saturated heterocycles. The number of halogens is 2. The minimum absolute atomic E-state index is 0.316. The number of nitrogens with one attached hydrogen (secondary N) is 2. The number of aromatic nitrogens is 1. The first-order valence-electron chi connectivity index (χ1n) is 11.3. The Balaban J connectivity index is 1.39. The predicted octanol–water partition coefficient (Wildman–Crippen LogP) is 7.23. The van der Waals surface area contributed by atoms with Crippen LogP contribution in [0.4, 0.5) is 0 Å². The number of rotatable bonds is 6. The van der Waals surface area contributed by atoms with Crippen molar-refractivity contribution in [1.82, 2.24) is 10.4 Å². The molecule has 0 atom stereocenters. The predicted molar refractivity (Wildman–Crippen MR) is 149 cm³/mol. The van der Waals surface area contributed by atoms with Gasteiger partial charge < -0.3 is 9.72 Å². The van der Waals surface area contributed by atoms with Crippen LogP contribution in [0.2, 0.25) is 5.02 Å². The second kappa shape index (κ2) is 10.8. The van der Waals surface area contributed by atoms with Gasteiger partial charge in [-0.25, -0.2) is 10.2 Å². The lowest BCUT2D eigenvalue weighted by Gasteiger charge is -2.07. The van der Waals surface area contributed by atoms with Crippen molar-refractivity contribution in [2.75, 3.05) is 0 Å². The van der Waals surface area contributed by atoms with Crippen molar-refractivity contribution in [2.24, 2.45) is 5.10 Å². The van der Waals surface area contributed by atoms with E-state index in [4.69, 9.17) is 16.3 Å². The average Bonchev–Trinajstić information content (AvgIpc) is 3.31. The summed E-state index contributed by atoms with van der Waals surface area (Å²) in [5.41, 5.74) is 6.11. The molecule has 6 nitrogen and oxygen atoms in total. The van der Waals surface area contributed by atoms with E-state index in [0.717, 1.165) is 21.0 Å². The summed E-state index contributed by atoms with van der Waals surface area (Å²) in [6.07, 6.45) is 1.43. The highest BCUT2D eigenvalue weighted by atomic mass is 79.9. The van der Waals surface area contributed by atoms with Crippen molar-refractivity contribution >= 4 is 56.5 Å². The molecule has 2 N–H and O–H groups in total. The van der Waals surface area contributed by atoms with Gasteiger partial charge in [0.25, 0.3) is 5.91 Å². The fraction of sp³-hybridized carbons (Fsp3) is 0. The number of amides is 1. The molecule has 0 aliphatic rings. The Hall–Kier alpha value is -4.20. The third-order valence-electron chi connectivity index (χ3n) is 5.64. The van der Waals surface area contributed by atoms with E-state index in [2.05, 4.69) is 31.4 Å². The van der Waals surface area contributed by atoms with E-state index < -0.39 is 11.9 Å². The number of aromatic amines is 1. The van der Waals surface area contributed by atoms with Crippen molar-refractivity contribution in [3.63, 3.8) is 0 Å². The average molecular weight is 573 g/mol. The molecule has 0 aliphatic carbocycles. The SMILES string of the molecule is O=C(Oc1ccccc1C=NNC(=O)c1[nH]c2c(Cl)cccc2c1-c1ccccc1)c1ccc(Br)cc1. The molecule has 0 aliphatic heterocycles. The molecule has 5 aromatic rings. The van der Waals surface area contributed by atoms with E-state index in [0.29, 0.717) is 33.1 Å². The third kappa shape index (κ3) is 5.33. The molecule has 1 amide bonds. The van der Waals surface area contributed by atoms with Gasteiger partial charge in [-0.3, -0.25) is 4.79 Å². The highest BCUT2D eigenvalue weighted by Crippen LogP contribution is 2.35. The minimum atomic E-state index is -0.500. The highest BCUT2D eigenvalue weighted by Gasteiger charge is 2.20. The van der Waals surface area contributed by atoms with E-state index in [1.807, 2.05) is 42.5 Å². The van der Waals surface area contributed by atoms with Gasteiger partial charge in [-0.1, -0.05) is 82.1 Å². The summed E-state index contributed by atoms with van der Waals surface area (Å²) in [4.78, 5) is 28.9. The number of H-pyrrole nitrogens is 1. The Bertz CT molecular complexity index is 1630. The minimum Gasteiger partial charge on any atom is -0.422 e. The molecule has 0 saturated carbocycles. The number of para-hydroxylation sites is 2. The lowest BCUT2D eigenvalue weighted by atomic mass is 10.0. The molecule has 37 heavy (non-hydrogen) atoms. The smallest absolute Gasteiger partial charge is 0.343 e. The van der Waals surface area contributed by atoms with Crippen LogP contribution in [-0.2, 0) is 0 Å². The molecule has 8 heteroatoms. The second-order valence-electron chi connectivity index (χ2n) is 8.04. The Labute approximate surface area is 226 Å². The molecular formula is C29H19BrClN3O3. The lowest BCUT2D eigenvalue weighted by Crippen LogP contribution is -2.19. The number of carbonyl (C=O) groups excluding carboxylic acids is 2. The van der Waals surface area contributed by atoms with E-state index in [9.17, 15) is 9.59 Å². The molecular weight excluding hydrogens is 554 g/mol. The van der Waals surface area contributed by atoms with Crippen LogP contribution in [0.1, 0.15) is 26.4 Å². The fourth-order valence-electron chi connectivity index (χ4n) is 3.90. The summed E-state index contributed by atoms with van der Waals surface area (Å²) in [5.74, 6) is -0.623.